The van der Waals surface area contributed by atoms with Gasteiger partial charge in [0, 0.05) is 33.3 Å². The Morgan fingerprint density at radius 2 is 1.59 bits per heavy atom. The maximum Gasteiger partial charge on any atom is 0.145 e. The van der Waals surface area contributed by atoms with Crippen LogP contribution in [0.1, 0.15) is 30.4 Å². The third kappa shape index (κ3) is 5.03. The van der Waals surface area contributed by atoms with Gasteiger partial charge in [-0.25, -0.2) is 9.97 Å². The van der Waals surface area contributed by atoms with Gasteiger partial charge >= 0.3 is 0 Å². The van der Waals surface area contributed by atoms with Crippen molar-refractivity contribution in [3.05, 3.63) is 150 Å². The predicted molar refractivity (Wildman–Crippen MR) is 188 cm³/mol. The van der Waals surface area contributed by atoms with Crippen molar-refractivity contribution in [1.29, 1.82) is 0 Å². The van der Waals surface area contributed by atoms with E-state index in [0.29, 0.717) is 0 Å². The van der Waals surface area contributed by atoms with Crippen LogP contribution in [0.15, 0.2) is 128 Å². The first-order valence-corrected chi connectivity index (χ1v) is 15.1. The SMILES string of the molecule is C=C/C=C\c1ccc2c(-c3ccc(-c4nc5c(n4C4=CCC=CC=C4)=CCCC=5)cc3)c(C=C)c(-c3ccccc3)nc2c1. The van der Waals surface area contributed by atoms with E-state index in [4.69, 9.17) is 9.97 Å². The van der Waals surface area contributed by atoms with Gasteiger partial charge in [-0.3, -0.25) is 4.57 Å². The number of fused-ring (bicyclic) bond motifs is 2. The number of benzene rings is 3. The standard InChI is InChI=1S/C41H33N3/c1-3-5-15-29-22-27-35-37(28-29)42-40(31-16-9-8-10-17-31)34(4-2)39(35)30-23-25-32(26-24-30)41-43-36-20-13-14-21-38(36)44(41)33-18-11-6-7-12-19-33/h3-11,15-28H,1-2,12-14H2/b15-5-. The Kier molecular flexibility index (Phi) is 7.44. The molecule has 2 aliphatic rings. The zero-order valence-electron chi connectivity index (χ0n) is 24.7. The first-order chi connectivity index (χ1) is 21.7. The lowest BCUT2D eigenvalue weighted by Gasteiger charge is -2.17. The molecule has 0 saturated heterocycles. The maximum atomic E-state index is 5.18. The van der Waals surface area contributed by atoms with Crippen LogP contribution in [-0.2, 0) is 0 Å². The van der Waals surface area contributed by atoms with Gasteiger partial charge in [-0.1, -0.05) is 141 Å². The fourth-order valence-corrected chi connectivity index (χ4v) is 6.12. The van der Waals surface area contributed by atoms with Gasteiger partial charge in [0.05, 0.1) is 21.9 Å². The number of rotatable bonds is 7. The van der Waals surface area contributed by atoms with Crippen molar-refractivity contribution in [2.45, 2.75) is 19.3 Å². The second-order valence-electron chi connectivity index (χ2n) is 10.9. The summed E-state index contributed by atoms with van der Waals surface area (Å²) < 4.78 is 2.31. The number of hydrogen-bond donors (Lipinski definition) is 0. The molecule has 3 aromatic carbocycles. The van der Waals surface area contributed by atoms with E-state index in [9.17, 15) is 0 Å². The van der Waals surface area contributed by atoms with Crippen molar-refractivity contribution < 1.29 is 0 Å². The van der Waals surface area contributed by atoms with Crippen LogP contribution in [0.3, 0.4) is 0 Å². The normalized spacial score (nSPS) is 14.0. The van der Waals surface area contributed by atoms with Crippen molar-refractivity contribution in [2.75, 3.05) is 0 Å². The van der Waals surface area contributed by atoms with Gasteiger partial charge in [-0.05, 0) is 42.5 Å². The summed E-state index contributed by atoms with van der Waals surface area (Å²) in [4.78, 5) is 10.3. The number of allylic oxidation sites excluding steroid dienone is 8. The smallest absolute Gasteiger partial charge is 0.145 e. The summed E-state index contributed by atoms with van der Waals surface area (Å²) in [6.45, 7) is 8.06. The molecule has 0 spiro atoms. The summed E-state index contributed by atoms with van der Waals surface area (Å²) in [5, 5.41) is 3.33. The largest absolute Gasteiger partial charge is 0.293 e. The van der Waals surface area contributed by atoms with E-state index < -0.39 is 0 Å². The van der Waals surface area contributed by atoms with Crippen molar-refractivity contribution in [3.63, 3.8) is 0 Å². The van der Waals surface area contributed by atoms with Crippen molar-refractivity contribution in [1.82, 2.24) is 14.5 Å². The van der Waals surface area contributed by atoms with Gasteiger partial charge in [0.25, 0.3) is 0 Å². The second-order valence-corrected chi connectivity index (χ2v) is 10.9. The Morgan fingerprint density at radius 3 is 2.41 bits per heavy atom. The van der Waals surface area contributed by atoms with Crippen LogP contribution >= 0.6 is 0 Å². The van der Waals surface area contributed by atoms with Gasteiger partial charge in [0.15, 0.2) is 0 Å². The lowest BCUT2D eigenvalue weighted by atomic mass is 9.91. The molecular formula is C41H33N3. The van der Waals surface area contributed by atoms with E-state index in [1.54, 1.807) is 6.08 Å². The Balaban J connectivity index is 1.41. The molecular weight excluding hydrogens is 534 g/mol. The molecule has 44 heavy (non-hydrogen) atoms. The van der Waals surface area contributed by atoms with Crippen LogP contribution in [0.25, 0.3) is 74.7 Å². The zero-order valence-corrected chi connectivity index (χ0v) is 24.7. The van der Waals surface area contributed by atoms with Crippen LogP contribution in [-0.4, -0.2) is 14.5 Å². The molecule has 0 amide bonds. The molecule has 0 unspecified atom stereocenters. The zero-order chi connectivity index (χ0) is 29.9. The van der Waals surface area contributed by atoms with E-state index >= 15 is 0 Å². The third-order valence-electron chi connectivity index (χ3n) is 8.17. The fraction of sp³-hybridized carbons (Fsp3) is 0.0732. The van der Waals surface area contributed by atoms with Crippen molar-refractivity contribution in [2.24, 2.45) is 0 Å². The Morgan fingerprint density at radius 1 is 0.773 bits per heavy atom. The lowest BCUT2D eigenvalue weighted by molar-refractivity contribution is 1.03. The molecule has 0 N–H and O–H groups in total. The summed E-state index contributed by atoms with van der Waals surface area (Å²) in [7, 11) is 0. The highest BCUT2D eigenvalue weighted by Gasteiger charge is 2.18. The highest BCUT2D eigenvalue weighted by Crippen LogP contribution is 2.39. The average molecular weight is 568 g/mol. The fourth-order valence-electron chi connectivity index (χ4n) is 6.12. The minimum absolute atomic E-state index is 0.895. The number of pyridine rings is 1. The molecule has 0 aliphatic heterocycles. The Hall–Kier alpha value is -5.54. The highest BCUT2D eigenvalue weighted by atomic mass is 15.1. The van der Waals surface area contributed by atoms with Gasteiger partial charge in [0.1, 0.15) is 5.82 Å². The van der Waals surface area contributed by atoms with Gasteiger partial charge < -0.3 is 0 Å². The van der Waals surface area contributed by atoms with Crippen LogP contribution < -0.4 is 10.7 Å². The Labute approximate surface area is 258 Å². The molecule has 5 aromatic rings. The minimum Gasteiger partial charge on any atom is -0.293 e. The number of imidazole rings is 1. The van der Waals surface area contributed by atoms with E-state index in [1.807, 2.05) is 18.2 Å². The third-order valence-corrected chi connectivity index (χ3v) is 8.17. The second kappa shape index (κ2) is 12.0. The molecule has 0 bridgehead atoms. The molecule has 3 heteroatoms. The molecule has 0 saturated carbocycles. The lowest BCUT2D eigenvalue weighted by Crippen LogP contribution is -2.31. The van der Waals surface area contributed by atoms with Crippen LogP contribution in [0, 0.1) is 0 Å². The molecule has 0 fully saturated rings. The summed E-state index contributed by atoms with van der Waals surface area (Å²) in [5.74, 6) is 0.959. The summed E-state index contributed by atoms with van der Waals surface area (Å²) in [5.41, 5.74) is 9.50. The first kappa shape index (κ1) is 27.3. The minimum atomic E-state index is 0.895. The monoisotopic (exact) mass is 567 g/mol. The van der Waals surface area contributed by atoms with Crippen LogP contribution in [0.5, 0.6) is 0 Å². The molecule has 2 aromatic heterocycles. The van der Waals surface area contributed by atoms with Gasteiger partial charge in [-0.15, -0.1) is 0 Å². The number of nitrogens with zero attached hydrogens (tertiary/aromatic N) is 3. The quantitative estimate of drug-likeness (QED) is 0.184. The van der Waals surface area contributed by atoms with E-state index in [2.05, 4.69) is 133 Å². The summed E-state index contributed by atoms with van der Waals surface area (Å²) >= 11 is 0. The van der Waals surface area contributed by atoms with E-state index in [1.165, 1.54) is 5.35 Å². The Bertz CT molecular complexity index is 2150. The van der Waals surface area contributed by atoms with Gasteiger partial charge in [0.2, 0.25) is 0 Å². The molecule has 3 nitrogen and oxygen atoms in total. The summed E-state index contributed by atoms with van der Waals surface area (Å²) in [6, 6.07) is 25.6. The molecule has 0 radical (unpaired) electrons. The maximum absolute atomic E-state index is 5.18. The van der Waals surface area contributed by atoms with Crippen molar-refractivity contribution in [3.8, 4) is 33.8 Å². The van der Waals surface area contributed by atoms with Gasteiger partial charge in [-0.2, -0.15) is 0 Å². The first-order valence-electron chi connectivity index (χ1n) is 15.1. The molecule has 0 atom stereocenters. The molecule has 2 aliphatic carbocycles. The highest BCUT2D eigenvalue weighted by molar-refractivity contribution is 6.03. The van der Waals surface area contributed by atoms with E-state index in [0.717, 1.165) is 86.1 Å². The number of aromatic nitrogens is 3. The topological polar surface area (TPSA) is 30.7 Å². The van der Waals surface area contributed by atoms with Crippen LogP contribution in [0.4, 0.5) is 0 Å². The average Bonchev–Trinajstić information content (AvgIpc) is 3.25. The molecule has 212 valence electrons. The van der Waals surface area contributed by atoms with E-state index in [-0.39, 0.29) is 0 Å². The molecule has 2 heterocycles. The summed E-state index contributed by atoms with van der Waals surface area (Å²) in [6.07, 6.45) is 26.1. The predicted octanol–water partition coefficient (Wildman–Crippen LogP) is 8.99. The van der Waals surface area contributed by atoms with Crippen molar-refractivity contribution >= 4 is 40.9 Å². The molecule has 7 rings (SSSR count). The number of hydrogen-bond acceptors (Lipinski definition) is 2. The van der Waals surface area contributed by atoms with Crippen LogP contribution in [0.2, 0.25) is 0 Å².